The minimum atomic E-state index is 0.0723. The van der Waals surface area contributed by atoms with E-state index in [-0.39, 0.29) is 21.4 Å². The molecule has 4 nitrogen and oxygen atoms in total. The normalized spacial score (nSPS) is 9.87. The van der Waals surface area contributed by atoms with Crippen LogP contribution in [0.5, 0.6) is 5.75 Å². The van der Waals surface area contributed by atoms with Crippen molar-refractivity contribution in [3.8, 4) is 17.6 Å². The zero-order chi connectivity index (χ0) is 16.8. The molecule has 0 aliphatic rings. The first-order chi connectivity index (χ1) is 11.1. The number of aldehydes is 2. The number of aromatic nitrogens is 1. The zero-order valence-corrected chi connectivity index (χ0v) is 13.8. The lowest BCUT2D eigenvalue weighted by Crippen LogP contribution is -2.02. The number of hydrogen-bond acceptors (Lipinski definition) is 3. The van der Waals surface area contributed by atoms with E-state index < -0.39 is 0 Å². The molecule has 23 heavy (non-hydrogen) atoms. The summed E-state index contributed by atoms with van der Waals surface area (Å²) >= 11 is 12.0. The molecule has 0 unspecified atom stereocenters. The van der Waals surface area contributed by atoms with Gasteiger partial charge in [-0.1, -0.05) is 35.0 Å². The van der Waals surface area contributed by atoms with Crippen LogP contribution in [-0.4, -0.2) is 24.2 Å². The van der Waals surface area contributed by atoms with Crippen LogP contribution in [-0.2, 0) is 6.54 Å². The Labute approximate surface area is 144 Å². The summed E-state index contributed by atoms with van der Waals surface area (Å²) in [6.07, 6.45) is 1.57. The molecule has 0 saturated carbocycles. The first-order valence-electron chi connectivity index (χ1n) is 6.73. The Balaban J connectivity index is 2.11. The standard InChI is InChI=1S/C17H13Cl2NO3/c1-23-13-7-5-12(6-8-13)4-2-3-9-20-15(11-22)16(18)14(10-21)17(20)19/h5-8,10-11H,3,9H2,1H3. The van der Waals surface area contributed by atoms with Crippen molar-refractivity contribution >= 4 is 35.8 Å². The number of hydrogen-bond donors (Lipinski definition) is 0. The van der Waals surface area contributed by atoms with Crippen molar-refractivity contribution in [1.82, 2.24) is 4.57 Å². The Hall–Kier alpha value is -2.22. The molecule has 0 N–H and O–H groups in total. The van der Waals surface area contributed by atoms with Crippen LogP contribution in [0, 0.1) is 11.8 Å². The molecule has 0 atom stereocenters. The van der Waals surface area contributed by atoms with E-state index in [1.165, 1.54) is 4.57 Å². The minimum Gasteiger partial charge on any atom is -0.497 e. The highest BCUT2D eigenvalue weighted by molar-refractivity contribution is 6.40. The Bertz CT molecular complexity index is 783. The van der Waals surface area contributed by atoms with Crippen LogP contribution < -0.4 is 4.74 Å². The highest BCUT2D eigenvalue weighted by atomic mass is 35.5. The van der Waals surface area contributed by atoms with E-state index in [4.69, 9.17) is 27.9 Å². The second-order valence-corrected chi connectivity index (χ2v) is 5.31. The van der Waals surface area contributed by atoms with Crippen LogP contribution in [0.4, 0.5) is 0 Å². The summed E-state index contributed by atoms with van der Waals surface area (Å²) in [6.45, 7) is 0.365. The summed E-state index contributed by atoms with van der Waals surface area (Å²) < 4.78 is 6.56. The largest absolute Gasteiger partial charge is 0.497 e. The molecule has 1 aromatic carbocycles. The number of rotatable bonds is 5. The maximum absolute atomic E-state index is 11.1. The number of ether oxygens (including phenoxy) is 1. The van der Waals surface area contributed by atoms with Crippen molar-refractivity contribution < 1.29 is 14.3 Å². The van der Waals surface area contributed by atoms with Crippen molar-refractivity contribution in [3.05, 3.63) is 51.3 Å². The summed E-state index contributed by atoms with van der Waals surface area (Å²) in [7, 11) is 1.60. The molecule has 2 aromatic rings. The average molecular weight is 350 g/mol. The predicted molar refractivity (Wildman–Crippen MR) is 89.7 cm³/mol. The summed E-state index contributed by atoms with van der Waals surface area (Å²) in [5.41, 5.74) is 1.16. The summed E-state index contributed by atoms with van der Waals surface area (Å²) in [5.74, 6) is 6.77. The molecule has 118 valence electrons. The Kier molecular flexibility index (Phi) is 5.86. The summed E-state index contributed by atoms with van der Waals surface area (Å²) in [6, 6.07) is 7.36. The number of benzene rings is 1. The molecule has 0 aliphatic heterocycles. The third-order valence-electron chi connectivity index (χ3n) is 3.22. The summed E-state index contributed by atoms with van der Waals surface area (Å²) in [5, 5.41) is 0.224. The number of methoxy groups -OCH3 is 1. The molecule has 0 amide bonds. The van der Waals surface area contributed by atoms with Crippen LogP contribution in [0.2, 0.25) is 10.2 Å². The quantitative estimate of drug-likeness (QED) is 0.608. The number of carbonyl (C=O) groups is 2. The first-order valence-corrected chi connectivity index (χ1v) is 7.48. The molecule has 0 spiro atoms. The molecular formula is C17H13Cl2NO3. The topological polar surface area (TPSA) is 48.3 Å². The lowest BCUT2D eigenvalue weighted by atomic mass is 10.2. The molecule has 0 bridgehead atoms. The number of halogens is 2. The fraction of sp³-hybridized carbons (Fsp3) is 0.176. The third kappa shape index (κ3) is 3.76. The van der Waals surface area contributed by atoms with E-state index in [9.17, 15) is 9.59 Å². The van der Waals surface area contributed by atoms with Gasteiger partial charge in [0.05, 0.1) is 17.7 Å². The number of carbonyl (C=O) groups excluding carboxylic acids is 2. The molecule has 0 saturated heterocycles. The average Bonchev–Trinajstić information content (AvgIpc) is 2.81. The van der Waals surface area contributed by atoms with E-state index in [1.807, 2.05) is 24.3 Å². The van der Waals surface area contributed by atoms with Crippen molar-refractivity contribution in [2.45, 2.75) is 13.0 Å². The van der Waals surface area contributed by atoms with Gasteiger partial charge >= 0.3 is 0 Å². The molecular weight excluding hydrogens is 337 g/mol. The van der Waals surface area contributed by atoms with Crippen molar-refractivity contribution in [3.63, 3.8) is 0 Å². The van der Waals surface area contributed by atoms with Gasteiger partial charge in [0.15, 0.2) is 12.6 Å². The lowest BCUT2D eigenvalue weighted by molar-refractivity contribution is 0.111. The second-order valence-electron chi connectivity index (χ2n) is 4.57. The molecule has 0 aliphatic carbocycles. The highest BCUT2D eigenvalue weighted by Crippen LogP contribution is 2.29. The van der Waals surface area contributed by atoms with E-state index >= 15 is 0 Å². The SMILES string of the molecule is COc1ccc(C#CCCn2c(Cl)c(C=O)c(Cl)c2C=O)cc1. The van der Waals surface area contributed by atoms with Crippen LogP contribution in [0.25, 0.3) is 0 Å². The van der Waals surface area contributed by atoms with Crippen molar-refractivity contribution in [2.75, 3.05) is 7.11 Å². The van der Waals surface area contributed by atoms with Gasteiger partial charge in [0, 0.05) is 18.5 Å². The van der Waals surface area contributed by atoms with Gasteiger partial charge in [-0.25, -0.2) is 0 Å². The minimum absolute atomic E-state index is 0.0723. The molecule has 6 heteroatoms. The Morgan fingerprint density at radius 3 is 2.43 bits per heavy atom. The fourth-order valence-corrected chi connectivity index (χ4v) is 2.68. The van der Waals surface area contributed by atoms with Crippen LogP contribution in [0.15, 0.2) is 24.3 Å². The number of nitrogens with zero attached hydrogens (tertiary/aromatic N) is 1. The highest BCUT2D eigenvalue weighted by Gasteiger charge is 2.19. The van der Waals surface area contributed by atoms with Gasteiger partial charge in [-0.3, -0.25) is 9.59 Å². The van der Waals surface area contributed by atoms with Crippen molar-refractivity contribution in [1.29, 1.82) is 0 Å². The van der Waals surface area contributed by atoms with Gasteiger partial charge in [-0.15, -0.1) is 0 Å². The molecule has 0 radical (unpaired) electrons. The third-order valence-corrected chi connectivity index (χ3v) is 4.03. The van der Waals surface area contributed by atoms with Crippen LogP contribution >= 0.6 is 23.2 Å². The molecule has 1 heterocycles. The van der Waals surface area contributed by atoms with Gasteiger partial charge in [0.25, 0.3) is 0 Å². The van der Waals surface area contributed by atoms with Crippen LogP contribution in [0.1, 0.15) is 32.8 Å². The predicted octanol–water partition coefficient (Wildman–Crippen LogP) is 3.87. The van der Waals surface area contributed by atoms with Gasteiger partial charge < -0.3 is 9.30 Å². The van der Waals surface area contributed by atoms with E-state index in [0.29, 0.717) is 25.5 Å². The lowest BCUT2D eigenvalue weighted by Gasteiger charge is -2.04. The smallest absolute Gasteiger partial charge is 0.168 e. The monoisotopic (exact) mass is 349 g/mol. The van der Waals surface area contributed by atoms with Gasteiger partial charge in [-0.05, 0) is 24.3 Å². The van der Waals surface area contributed by atoms with Gasteiger partial charge in [0.2, 0.25) is 0 Å². The van der Waals surface area contributed by atoms with E-state index in [2.05, 4.69) is 11.8 Å². The van der Waals surface area contributed by atoms with Crippen LogP contribution in [0.3, 0.4) is 0 Å². The van der Waals surface area contributed by atoms with E-state index in [1.54, 1.807) is 7.11 Å². The molecule has 0 fully saturated rings. The molecule has 1 aromatic heterocycles. The second kappa shape index (κ2) is 7.87. The maximum atomic E-state index is 11.1. The Morgan fingerprint density at radius 1 is 1.17 bits per heavy atom. The van der Waals surface area contributed by atoms with Gasteiger partial charge in [-0.2, -0.15) is 0 Å². The summed E-state index contributed by atoms with van der Waals surface area (Å²) in [4.78, 5) is 22.1. The fourth-order valence-electron chi connectivity index (χ4n) is 2.04. The zero-order valence-electron chi connectivity index (χ0n) is 12.3. The van der Waals surface area contributed by atoms with E-state index in [0.717, 1.165) is 11.3 Å². The molecule has 2 rings (SSSR count). The first kappa shape index (κ1) is 17.1. The van der Waals surface area contributed by atoms with Gasteiger partial charge in [0.1, 0.15) is 16.6 Å². The van der Waals surface area contributed by atoms with Crippen molar-refractivity contribution in [2.24, 2.45) is 0 Å². The Morgan fingerprint density at radius 2 is 1.87 bits per heavy atom. The maximum Gasteiger partial charge on any atom is 0.168 e.